The number of alkyl halides is 6. The lowest BCUT2D eigenvalue weighted by atomic mass is 10.0. The van der Waals surface area contributed by atoms with E-state index in [1.54, 1.807) is 17.0 Å². The van der Waals surface area contributed by atoms with E-state index in [1.807, 2.05) is 4.90 Å². The predicted octanol–water partition coefficient (Wildman–Crippen LogP) is 5.19. The van der Waals surface area contributed by atoms with E-state index in [2.05, 4.69) is 0 Å². The minimum atomic E-state index is -4.86. The van der Waals surface area contributed by atoms with E-state index in [9.17, 15) is 30.7 Å². The van der Waals surface area contributed by atoms with Gasteiger partial charge in [-0.05, 0) is 42.0 Å². The van der Waals surface area contributed by atoms with Crippen LogP contribution in [0.4, 0.5) is 36.4 Å². The van der Waals surface area contributed by atoms with Crippen LogP contribution in [0.3, 0.4) is 0 Å². The van der Waals surface area contributed by atoms with Gasteiger partial charge < -0.3 is 4.90 Å². The van der Waals surface area contributed by atoms with Crippen molar-refractivity contribution in [3.63, 3.8) is 0 Å². The highest BCUT2D eigenvalue weighted by atomic mass is 19.4. The molecule has 1 heterocycles. The van der Waals surface area contributed by atoms with Crippen LogP contribution in [0.25, 0.3) is 0 Å². The van der Waals surface area contributed by atoms with Crippen molar-refractivity contribution in [3.8, 4) is 0 Å². The first kappa shape index (κ1) is 20.4. The quantitative estimate of drug-likeness (QED) is 0.648. The molecule has 2 aromatic rings. The van der Waals surface area contributed by atoms with Gasteiger partial charge in [0, 0.05) is 38.4 Å². The third-order valence-electron chi connectivity index (χ3n) is 4.60. The van der Waals surface area contributed by atoms with E-state index in [-0.39, 0.29) is 24.0 Å². The summed E-state index contributed by atoms with van der Waals surface area (Å²) in [6.07, 6.45) is -9.71. The monoisotopic (exact) mass is 406 g/mol. The summed E-state index contributed by atoms with van der Waals surface area (Å²) in [5.74, 6) is -0.372. The SMILES string of the molecule is Fc1cccc(N2CCN(Cc3cc(C(F)(F)F)cc(C(F)(F)F)c3)CC2)c1. The highest BCUT2D eigenvalue weighted by Gasteiger charge is 2.37. The number of benzene rings is 2. The summed E-state index contributed by atoms with van der Waals surface area (Å²) in [4.78, 5) is 3.71. The summed E-state index contributed by atoms with van der Waals surface area (Å²) in [6, 6.07) is 7.69. The summed E-state index contributed by atoms with van der Waals surface area (Å²) in [5.41, 5.74) is -1.97. The molecule has 1 aliphatic rings. The Morgan fingerprint density at radius 2 is 1.32 bits per heavy atom. The van der Waals surface area contributed by atoms with Crippen LogP contribution in [0, 0.1) is 5.82 Å². The molecule has 0 aliphatic carbocycles. The van der Waals surface area contributed by atoms with Crippen LogP contribution in [0.1, 0.15) is 16.7 Å². The second kappa shape index (κ2) is 7.62. The Morgan fingerprint density at radius 3 is 1.82 bits per heavy atom. The summed E-state index contributed by atoms with van der Waals surface area (Å²) < 4.78 is 91.1. The zero-order valence-corrected chi connectivity index (χ0v) is 14.6. The maximum Gasteiger partial charge on any atom is 0.416 e. The van der Waals surface area contributed by atoms with Gasteiger partial charge in [-0.15, -0.1) is 0 Å². The molecular formula is C19H17F7N2. The molecular weight excluding hydrogens is 389 g/mol. The van der Waals surface area contributed by atoms with Crippen molar-refractivity contribution < 1.29 is 30.7 Å². The van der Waals surface area contributed by atoms with Crippen LogP contribution in [-0.2, 0) is 18.9 Å². The molecule has 2 aromatic carbocycles. The fourth-order valence-electron chi connectivity index (χ4n) is 3.21. The lowest BCUT2D eigenvalue weighted by Crippen LogP contribution is -2.46. The number of piperazine rings is 1. The first-order valence-electron chi connectivity index (χ1n) is 8.53. The van der Waals surface area contributed by atoms with Gasteiger partial charge in [-0.3, -0.25) is 4.90 Å². The van der Waals surface area contributed by atoms with Gasteiger partial charge in [-0.1, -0.05) is 6.07 Å². The molecule has 0 N–H and O–H groups in total. The first-order chi connectivity index (χ1) is 13.0. The normalized spacial score (nSPS) is 16.5. The molecule has 152 valence electrons. The maximum absolute atomic E-state index is 13.3. The zero-order valence-electron chi connectivity index (χ0n) is 14.6. The lowest BCUT2D eigenvalue weighted by Gasteiger charge is -2.36. The van der Waals surface area contributed by atoms with Gasteiger partial charge in [0.15, 0.2) is 0 Å². The van der Waals surface area contributed by atoms with Crippen LogP contribution in [0.5, 0.6) is 0 Å². The fraction of sp³-hybridized carbons (Fsp3) is 0.368. The summed E-state index contributed by atoms with van der Waals surface area (Å²) in [7, 11) is 0. The Bertz CT molecular complexity index is 790. The third-order valence-corrected chi connectivity index (χ3v) is 4.60. The van der Waals surface area contributed by atoms with Gasteiger partial charge >= 0.3 is 12.4 Å². The summed E-state index contributed by atoms with van der Waals surface area (Å²) in [5, 5.41) is 0. The first-order valence-corrected chi connectivity index (χ1v) is 8.53. The number of rotatable bonds is 3. The van der Waals surface area contributed by atoms with Crippen LogP contribution in [0.15, 0.2) is 42.5 Å². The van der Waals surface area contributed by atoms with Crippen LogP contribution in [0.2, 0.25) is 0 Å². The topological polar surface area (TPSA) is 6.48 Å². The van der Waals surface area contributed by atoms with Crippen molar-refractivity contribution in [3.05, 3.63) is 65.0 Å². The lowest BCUT2D eigenvalue weighted by molar-refractivity contribution is -0.143. The average molecular weight is 406 g/mol. The van der Waals surface area contributed by atoms with Gasteiger partial charge in [0.1, 0.15) is 5.82 Å². The van der Waals surface area contributed by atoms with Crippen LogP contribution in [-0.4, -0.2) is 31.1 Å². The molecule has 0 spiro atoms. The number of halogens is 7. The molecule has 1 fully saturated rings. The zero-order chi connectivity index (χ0) is 20.5. The molecule has 0 bridgehead atoms. The van der Waals surface area contributed by atoms with Gasteiger partial charge in [-0.25, -0.2) is 4.39 Å². The minimum absolute atomic E-state index is 0.0238. The van der Waals surface area contributed by atoms with Gasteiger partial charge in [-0.2, -0.15) is 26.3 Å². The van der Waals surface area contributed by atoms with Gasteiger partial charge in [0.05, 0.1) is 11.1 Å². The molecule has 3 rings (SSSR count). The number of nitrogens with zero attached hydrogens (tertiary/aromatic N) is 2. The Hall–Kier alpha value is -2.29. The Balaban J connectivity index is 1.72. The molecule has 28 heavy (non-hydrogen) atoms. The van der Waals surface area contributed by atoms with Crippen LogP contribution >= 0.6 is 0 Å². The smallest absolute Gasteiger partial charge is 0.369 e. The Labute approximate surface area is 157 Å². The molecule has 2 nitrogen and oxygen atoms in total. The Kier molecular flexibility index (Phi) is 5.56. The highest BCUT2D eigenvalue weighted by molar-refractivity contribution is 5.47. The van der Waals surface area contributed by atoms with E-state index in [4.69, 9.17) is 0 Å². The molecule has 0 aromatic heterocycles. The van der Waals surface area contributed by atoms with Gasteiger partial charge in [0.2, 0.25) is 0 Å². The molecule has 9 heteroatoms. The standard InChI is InChI=1S/C19H17F7N2/c20-16-2-1-3-17(11-16)28-6-4-27(5-7-28)12-13-8-14(18(21,22)23)10-15(9-13)19(24,25)26/h1-3,8-11H,4-7,12H2. The molecule has 0 saturated carbocycles. The second-order valence-electron chi connectivity index (χ2n) is 6.66. The van der Waals surface area contributed by atoms with E-state index in [0.29, 0.717) is 31.9 Å². The average Bonchev–Trinajstić information content (AvgIpc) is 2.60. The van der Waals surface area contributed by atoms with Crippen molar-refractivity contribution in [1.29, 1.82) is 0 Å². The second-order valence-corrected chi connectivity index (χ2v) is 6.66. The largest absolute Gasteiger partial charge is 0.416 e. The van der Waals surface area contributed by atoms with E-state index < -0.39 is 23.5 Å². The molecule has 1 saturated heterocycles. The predicted molar refractivity (Wildman–Crippen MR) is 90.3 cm³/mol. The van der Waals surface area contributed by atoms with Crippen molar-refractivity contribution >= 4 is 5.69 Å². The molecule has 0 unspecified atom stereocenters. The van der Waals surface area contributed by atoms with E-state index >= 15 is 0 Å². The molecule has 0 radical (unpaired) electrons. The number of hydrogen-bond donors (Lipinski definition) is 0. The van der Waals surface area contributed by atoms with E-state index in [0.717, 1.165) is 12.1 Å². The minimum Gasteiger partial charge on any atom is -0.369 e. The van der Waals surface area contributed by atoms with Crippen LogP contribution < -0.4 is 4.90 Å². The molecule has 0 amide bonds. The summed E-state index contributed by atoms with van der Waals surface area (Å²) in [6.45, 7) is 1.84. The van der Waals surface area contributed by atoms with Crippen molar-refractivity contribution in [2.24, 2.45) is 0 Å². The Morgan fingerprint density at radius 1 is 0.750 bits per heavy atom. The van der Waals surface area contributed by atoms with Gasteiger partial charge in [0.25, 0.3) is 0 Å². The van der Waals surface area contributed by atoms with Crippen molar-refractivity contribution in [1.82, 2.24) is 4.90 Å². The summed E-state index contributed by atoms with van der Waals surface area (Å²) >= 11 is 0. The third kappa shape index (κ3) is 4.95. The molecule has 0 atom stereocenters. The van der Waals surface area contributed by atoms with Crippen molar-refractivity contribution in [2.45, 2.75) is 18.9 Å². The molecule has 1 aliphatic heterocycles. The number of hydrogen-bond acceptors (Lipinski definition) is 2. The fourth-order valence-corrected chi connectivity index (χ4v) is 3.21. The van der Waals surface area contributed by atoms with E-state index in [1.165, 1.54) is 12.1 Å². The van der Waals surface area contributed by atoms with Crippen molar-refractivity contribution in [2.75, 3.05) is 31.1 Å². The highest BCUT2D eigenvalue weighted by Crippen LogP contribution is 2.36. The maximum atomic E-state index is 13.3. The number of anilines is 1.